The van der Waals surface area contributed by atoms with E-state index in [1.54, 1.807) is 0 Å². The molecule has 2 bridgehead atoms. The van der Waals surface area contributed by atoms with Crippen LogP contribution in [-0.2, 0) is 4.79 Å². The molecule has 2 aromatic rings. The number of carbonyl (C=O) groups excluding carboxylic acids is 1. The third-order valence-corrected chi connectivity index (χ3v) is 9.28. The maximum Gasteiger partial charge on any atom is 0.223 e. The van der Waals surface area contributed by atoms with Gasteiger partial charge in [0.25, 0.3) is 0 Å². The number of nitrogens with zero attached hydrogens (tertiary/aromatic N) is 4. The van der Waals surface area contributed by atoms with E-state index < -0.39 is 0 Å². The van der Waals surface area contributed by atoms with Gasteiger partial charge >= 0.3 is 0 Å². The average molecular weight is 488 g/mol. The fourth-order valence-electron chi connectivity index (χ4n) is 6.61. The molecule has 1 unspecified atom stereocenters. The lowest BCUT2D eigenvalue weighted by molar-refractivity contribution is -0.125. The maximum atomic E-state index is 13.8. The SMILES string of the molecule is Cc1nnc(C(C)C)n1C1C[C@H]2CC[C@@H](C1)N2CC[C@H](NC(=O)C1CCCC1)c1ccc(F)s1. The minimum atomic E-state index is -0.179. The smallest absolute Gasteiger partial charge is 0.223 e. The summed E-state index contributed by atoms with van der Waals surface area (Å²) < 4.78 is 16.2. The highest BCUT2D eigenvalue weighted by molar-refractivity contribution is 7.10. The summed E-state index contributed by atoms with van der Waals surface area (Å²) in [7, 11) is 0. The maximum absolute atomic E-state index is 13.8. The van der Waals surface area contributed by atoms with E-state index in [1.807, 2.05) is 6.07 Å². The molecule has 3 aliphatic rings. The summed E-state index contributed by atoms with van der Waals surface area (Å²) in [4.78, 5) is 16.5. The zero-order valence-corrected chi connectivity index (χ0v) is 21.5. The molecule has 6 nitrogen and oxygen atoms in total. The van der Waals surface area contributed by atoms with Crippen LogP contribution in [0, 0.1) is 18.0 Å². The molecule has 8 heteroatoms. The standard InChI is InChI=1S/C26H38FN5OS/c1-16(2)25-30-29-17(3)32(25)21-14-19-8-9-20(15-21)31(19)13-12-22(23-10-11-24(27)34-23)28-26(33)18-6-4-5-7-18/h10-11,16,18-22H,4-9,12-15H2,1-3H3,(H,28,33)/t19-,20+,21?,22-/m0/s1. The Hall–Kier alpha value is -1.80. The van der Waals surface area contributed by atoms with Crippen molar-refractivity contribution < 1.29 is 9.18 Å². The summed E-state index contributed by atoms with van der Waals surface area (Å²) >= 11 is 1.17. The second kappa shape index (κ2) is 10.1. The van der Waals surface area contributed by atoms with Crippen LogP contribution in [0.4, 0.5) is 4.39 Å². The van der Waals surface area contributed by atoms with Gasteiger partial charge in [0.15, 0.2) is 5.13 Å². The van der Waals surface area contributed by atoms with Gasteiger partial charge < -0.3 is 9.88 Å². The molecule has 1 saturated carbocycles. The Bertz CT molecular complexity index is 983. The number of hydrogen-bond donors (Lipinski definition) is 1. The highest BCUT2D eigenvalue weighted by Gasteiger charge is 2.42. The largest absolute Gasteiger partial charge is 0.348 e. The highest BCUT2D eigenvalue weighted by Crippen LogP contribution is 2.42. The first kappa shape index (κ1) is 23.9. The molecular formula is C26H38FN5OS. The van der Waals surface area contributed by atoms with Crippen LogP contribution < -0.4 is 5.32 Å². The molecule has 0 aromatic carbocycles. The van der Waals surface area contributed by atoms with Crippen LogP contribution in [0.3, 0.4) is 0 Å². The Balaban J connectivity index is 1.26. The van der Waals surface area contributed by atoms with E-state index in [0.29, 0.717) is 24.0 Å². The molecule has 3 fully saturated rings. The number of halogens is 1. The van der Waals surface area contributed by atoms with E-state index >= 15 is 0 Å². The molecule has 4 atom stereocenters. The second-order valence-electron chi connectivity index (χ2n) is 10.9. The lowest BCUT2D eigenvalue weighted by Gasteiger charge is -2.40. The summed E-state index contributed by atoms with van der Waals surface area (Å²) in [5.41, 5.74) is 0. The monoisotopic (exact) mass is 487 g/mol. The number of aromatic nitrogens is 3. The number of piperidine rings is 1. The van der Waals surface area contributed by atoms with Crippen LogP contribution in [-0.4, -0.2) is 44.2 Å². The third-order valence-electron chi connectivity index (χ3n) is 8.29. The molecule has 0 radical (unpaired) electrons. The number of fused-ring (bicyclic) bond motifs is 2. The highest BCUT2D eigenvalue weighted by atomic mass is 32.1. The van der Waals surface area contributed by atoms with Gasteiger partial charge in [-0.1, -0.05) is 26.7 Å². The van der Waals surface area contributed by atoms with Crippen molar-refractivity contribution in [2.24, 2.45) is 5.92 Å². The molecule has 34 heavy (non-hydrogen) atoms. The van der Waals surface area contributed by atoms with Crippen molar-refractivity contribution in [3.8, 4) is 0 Å². The summed E-state index contributed by atoms with van der Waals surface area (Å²) in [5, 5.41) is 12.0. The first-order chi connectivity index (χ1) is 16.4. The number of amides is 1. The van der Waals surface area contributed by atoms with Gasteiger partial charge in [-0.25, -0.2) is 0 Å². The zero-order chi connectivity index (χ0) is 23.8. The van der Waals surface area contributed by atoms with Gasteiger partial charge in [-0.2, -0.15) is 4.39 Å². The molecule has 0 spiro atoms. The molecule has 186 valence electrons. The minimum Gasteiger partial charge on any atom is -0.348 e. The van der Waals surface area contributed by atoms with Crippen LogP contribution >= 0.6 is 11.3 Å². The number of thiophene rings is 1. The van der Waals surface area contributed by atoms with Gasteiger partial charge in [-0.05, 0) is 64.0 Å². The van der Waals surface area contributed by atoms with E-state index in [4.69, 9.17) is 0 Å². The molecule has 1 amide bonds. The second-order valence-corrected chi connectivity index (χ2v) is 11.9. The van der Waals surface area contributed by atoms with Crippen LogP contribution in [0.25, 0.3) is 0 Å². The molecule has 2 aliphatic heterocycles. The third kappa shape index (κ3) is 4.81. The van der Waals surface area contributed by atoms with Gasteiger partial charge in [0.05, 0.1) is 6.04 Å². The first-order valence-corrected chi connectivity index (χ1v) is 13.9. The van der Waals surface area contributed by atoms with Crippen LogP contribution in [0.15, 0.2) is 12.1 Å². The molecular weight excluding hydrogens is 449 g/mol. The Kier molecular flexibility index (Phi) is 7.07. The van der Waals surface area contributed by atoms with E-state index in [0.717, 1.165) is 68.0 Å². The summed E-state index contributed by atoms with van der Waals surface area (Å²) in [6, 6.07) is 4.84. The fraction of sp³-hybridized carbons (Fsp3) is 0.731. The van der Waals surface area contributed by atoms with Crippen LogP contribution in [0.1, 0.15) is 106 Å². The van der Waals surface area contributed by atoms with Crippen molar-refractivity contribution in [2.45, 2.75) is 109 Å². The topological polar surface area (TPSA) is 63.1 Å². The molecule has 5 rings (SSSR count). The van der Waals surface area contributed by atoms with Gasteiger partial charge in [0, 0.05) is 41.4 Å². The predicted octanol–water partition coefficient (Wildman–Crippen LogP) is 5.52. The number of carbonyl (C=O) groups is 1. The molecule has 2 saturated heterocycles. The number of nitrogens with one attached hydrogen (secondary N) is 1. The first-order valence-electron chi connectivity index (χ1n) is 13.1. The fourth-order valence-corrected chi connectivity index (χ4v) is 7.43. The molecule has 2 aromatic heterocycles. The number of aryl methyl sites for hydroxylation is 1. The molecule has 1 N–H and O–H groups in total. The lowest BCUT2D eigenvalue weighted by atomic mass is 9.95. The minimum absolute atomic E-state index is 0.104. The zero-order valence-electron chi connectivity index (χ0n) is 20.7. The lowest BCUT2D eigenvalue weighted by Crippen LogP contribution is -2.45. The quantitative estimate of drug-likeness (QED) is 0.533. The van der Waals surface area contributed by atoms with Gasteiger partial charge in [0.2, 0.25) is 5.91 Å². The van der Waals surface area contributed by atoms with Crippen molar-refractivity contribution in [3.05, 3.63) is 33.8 Å². The number of rotatable bonds is 8. The predicted molar refractivity (Wildman–Crippen MR) is 132 cm³/mol. The molecule has 1 aliphatic carbocycles. The normalized spacial score (nSPS) is 26.4. The van der Waals surface area contributed by atoms with Crippen molar-refractivity contribution in [2.75, 3.05) is 6.54 Å². The van der Waals surface area contributed by atoms with Crippen LogP contribution in [0.5, 0.6) is 0 Å². The van der Waals surface area contributed by atoms with Crippen LogP contribution in [0.2, 0.25) is 0 Å². The summed E-state index contributed by atoms with van der Waals surface area (Å²) in [5.74, 6) is 2.77. The van der Waals surface area contributed by atoms with Gasteiger partial charge in [-0.3, -0.25) is 9.69 Å². The Morgan fingerprint density at radius 1 is 1.12 bits per heavy atom. The van der Waals surface area contributed by atoms with Crippen molar-refractivity contribution in [1.29, 1.82) is 0 Å². The van der Waals surface area contributed by atoms with Crippen molar-refractivity contribution in [1.82, 2.24) is 25.0 Å². The summed E-state index contributed by atoms with van der Waals surface area (Å²) in [6.45, 7) is 7.40. The van der Waals surface area contributed by atoms with Crippen molar-refractivity contribution >= 4 is 17.2 Å². The van der Waals surface area contributed by atoms with E-state index in [-0.39, 0.29) is 23.0 Å². The summed E-state index contributed by atoms with van der Waals surface area (Å²) in [6.07, 6.45) is 9.78. The molecule has 4 heterocycles. The van der Waals surface area contributed by atoms with Crippen molar-refractivity contribution in [3.63, 3.8) is 0 Å². The van der Waals surface area contributed by atoms with E-state index in [1.165, 1.54) is 30.2 Å². The van der Waals surface area contributed by atoms with E-state index in [2.05, 4.69) is 45.8 Å². The number of hydrogen-bond acceptors (Lipinski definition) is 5. The van der Waals surface area contributed by atoms with Gasteiger partial charge in [-0.15, -0.1) is 21.5 Å². The van der Waals surface area contributed by atoms with E-state index in [9.17, 15) is 9.18 Å². The Morgan fingerprint density at radius 3 is 2.44 bits per heavy atom. The average Bonchev–Trinajstić information content (AvgIpc) is 3.59. The Morgan fingerprint density at radius 2 is 1.82 bits per heavy atom. The van der Waals surface area contributed by atoms with Gasteiger partial charge in [0.1, 0.15) is 11.6 Å². The Labute approximate surface area is 206 Å².